The molecule has 0 fully saturated rings. The van der Waals surface area contributed by atoms with Crippen molar-refractivity contribution < 1.29 is 5.11 Å². The smallest absolute Gasteiger partial charge is 0.165 e. The van der Waals surface area contributed by atoms with Crippen LogP contribution in [-0.4, -0.2) is 27.1 Å². The van der Waals surface area contributed by atoms with Crippen LogP contribution in [0.15, 0.2) is 78.2 Å². The molecule has 0 unspecified atom stereocenters. The molecular weight excluding hydrogens is 416 g/mol. The fourth-order valence-corrected chi connectivity index (χ4v) is 4.56. The summed E-state index contributed by atoms with van der Waals surface area (Å²) in [6.45, 7) is 2.67. The molecule has 32 heavy (non-hydrogen) atoms. The average Bonchev–Trinajstić information content (AvgIpc) is 3.27. The van der Waals surface area contributed by atoms with Crippen LogP contribution in [-0.2, 0) is 6.54 Å². The van der Waals surface area contributed by atoms with Gasteiger partial charge >= 0.3 is 0 Å². The molecule has 0 aliphatic carbocycles. The summed E-state index contributed by atoms with van der Waals surface area (Å²) in [6.07, 6.45) is 0. The van der Waals surface area contributed by atoms with E-state index < -0.39 is 0 Å². The second-order valence-corrected chi connectivity index (χ2v) is 8.70. The minimum atomic E-state index is 0.167. The summed E-state index contributed by atoms with van der Waals surface area (Å²) in [5.74, 6) is 1.48. The second kappa shape index (κ2) is 8.40. The molecule has 5 nitrogen and oxygen atoms in total. The van der Waals surface area contributed by atoms with Gasteiger partial charge in [0.15, 0.2) is 5.82 Å². The number of nitrogens with zero attached hydrogens (tertiary/aromatic N) is 4. The molecule has 0 radical (unpaired) electrons. The number of anilines is 1. The number of hydrogen-bond acceptors (Lipinski definition) is 6. The summed E-state index contributed by atoms with van der Waals surface area (Å²) in [4.78, 5) is 16.5. The Morgan fingerprint density at radius 2 is 1.69 bits per heavy atom. The molecule has 5 rings (SSSR count). The van der Waals surface area contributed by atoms with Crippen LogP contribution < -0.4 is 4.90 Å². The van der Waals surface area contributed by atoms with Crippen LogP contribution in [0.25, 0.3) is 33.5 Å². The Kier molecular flexibility index (Phi) is 5.29. The molecule has 0 aliphatic rings. The number of thiazole rings is 1. The first-order valence-electron chi connectivity index (χ1n) is 10.4. The molecule has 158 valence electrons. The molecule has 3 aromatic carbocycles. The number of aromatic hydroxyl groups is 1. The van der Waals surface area contributed by atoms with E-state index in [1.54, 1.807) is 23.5 Å². The highest BCUT2D eigenvalue weighted by Crippen LogP contribution is 2.32. The lowest BCUT2D eigenvalue weighted by Gasteiger charge is -2.20. The zero-order valence-electron chi connectivity index (χ0n) is 17.9. The van der Waals surface area contributed by atoms with Crippen LogP contribution in [0, 0.1) is 6.92 Å². The van der Waals surface area contributed by atoms with Crippen LogP contribution in [0.3, 0.4) is 0 Å². The normalized spacial score (nSPS) is 11.1. The summed E-state index contributed by atoms with van der Waals surface area (Å²) in [5, 5.41) is 14.4. The minimum Gasteiger partial charge on any atom is -0.507 e. The van der Waals surface area contributed by atoms with Crippen molar-refractivity contribution in [3.63, 3.8) is 0 Å². The van der Waals surface area contributed by atoms with Crippen molar-refractivity contribution in [2.45, 2.75) is 13.5 Å². The van der Waals surface area contributed by atoms with Gasteiger partial charge in [-0.2, -0.15) is 0 Å². The Morgan fingerprint density at radius 3 is 2.50 bits per heavy atom. The molecule has 1 N–H and O–H groups in total. The Bertz CT molecular complexity index is 1400. The molecule has 2 heterocycles. The lowest BCUT2D eigenvalue weighted by atomic mass is 10.1. The Morgan fingerprint density at radius 1 is 0.906 bits per heavy atom. The van der Waals surface area contributed by atoms with E-state index in [4.69, 9.17) is 15.0 Å². The maximum atomic E-state index is 10.4. The maximum Gasteiger partial charge on any atom is 0.165 e. The second-order valence-electron chi connectivity index (χ2n) is 7.76. The van der Waals surface area contributed by atoms with Crippen LogP contribution in [0.1, 0.15) is 10.6 Å². The summed E-state index contributed by atoms with van der Waals surface area (Å²) in [6, 6.07) is 23.5. The van der Waals surface area contributed by atoms with Crippen molar-refractivity contribution >= 4 is 28.1 Å². The number of aromatic nitrogens is 3. The Hall–Kier alpha value is -3.77. The first-order valence-corrected chi connectivity index (χ1v) is 11.2. The number of para-hydroxylation sites is 1. The van der Waals surface area contributed by atoms with E-state index >= 15 is 0 Å². The van der Waals surface area contributed by atoms with Crippen LogP contribution >= 0.6 is 11.3 Å². The summed E-state index contributed by atoms with van der Waals surface area (Å²) >= 11 is 1.64. The van der Waals surface area contributed by atoms with Gasteiger partial charge in [-0.15, -0.1) is 11.3 Å². The van der Waals surface area contributed by atoms with Gasteiger partial charge in [0.25, 0.3) is 0 Å². The number of aryl methyl sites for hydroxylation is 1. The van der Waals surface area contributed by atoms with Gasteiger partial charge in [0.2, 0.25) is 0 Å². The number of hydrogen-bond donors (Lipinski definition) is 1. The number of phenols is 1. The maximum absolute atomic E-state index is 10.4. The van der Waals surface area contributed by atoms with Gasteiger partial charge in [-0.05, 0) is 36.8 Å². The largest absolute Gasteiger partial charge is 0.507 e. The highest BCUT2D eigenvalue weighted by Gasteiger charge is 2.16. The quantitative estimate of drug-likeness (QED) is 0.361. The summed E-state index contributed by atoms with van der Waals surface area (Å²) < 4.78 is 0. The van der Waals surface area contributed by atoms with Crippen molar-refractivity contribution in [2.24, 2.45) is 0 Å². The lowest BCUT2D eigenvalue weighted by molar-refractivity contribution is 0.477. The third kappa shape index (κ3) is 3.92. The molecule has 6 heteroatoms. The van der Waals surface area contributed by atoms with Crippen LogP contribution in [0.4, 0.5) is 5.82 Å². The van der Waals surface area contributed by atoms with Gasteiger partial charge in [-0.25, -0.2) is 15.0 Å². The van der Waals surface area contributed by atoms with Crippen LogP contribution in [0.5, 0.6) is 5.75 Å². The molecule has 0 spiro atoms. The molecule has 0 amide bonds. The Labute approximate surface area is 190 Å². The molecule has 0 atom stereocenters. The van der Waals surface area contributed by atoms with E-state index in [1.165, 1.54) is 0 Å². The first-order chi connectivity index (χ1) is 15.6. The number of benzene rings is 3. The van der Waals surface area contributed by atoms with Crippen LogP contribution in [0.2, 0.25) is 0 Å². The van der Waals surface area contributed by atoms with Gasteiger partial charge in [0.1, 0.15) is 16.6 Å². The lowest BCUT2D eigenvalue weighted by Crippen LogP contribution is -2.18. The van der Waals surface area contributed by atoms with E-state index in [0.717, 1.165) is 38.5 Å². The van der Waals surface area contributed by atoms with E-state index in [1.807, 2.05) is 44.3 Å². The van der Waals surface area contributed by atoms with E-state index in [0.29, 0.717) is 17.9 Å². The predicted molar refractivity (Wildman–Crippen MR) is 131 cm³/mol. The zero-order valence-corrected chi connectivity index (χ0v) is 18.7. The van der Waals surface area contributed by atoms with Gasteiger partial charge in [-0.3, -0.25) is 0 Å². The molecule has 0 aliphatic heterocycles. The third-order valence-electron chi connectivity index (χ3n) is 5.33. The molecular formula is C26H22N4OS. The molecule has 0 saturated heterocycles. The standard InChI is InChI=1S/C26H22N4OS/c1-17-12-13-19-21(14-17)28-25(20-10-6-7-11-23(20)31)29-26(19)30(2)15-24-27-22(16-32-24)18-8-4-3-5-9-18/h3-14,16,31H,15H2,1-2H3. The summed E-state index contributed by atoms with van der Waals surface area (Å²) in [7, 11) is 2.01. The van der Waals surface area contributed by atoms with Crippen molar-refractivity contribution in [1.82, 2.24) is 15.0 Å². The zero-order chi connectivity index (χ0) is 22.1. The van der Waals surface area contributed by atoms with Gasteiger partial charge in [0.05, 0.1) is 23.3 Å². The highest BCUT2D eigenvalue weighted by molar-refractivity contribution is 7.10. The van der Waals surface area contributed by atoms with Crippen molar-refractivity contribution in [3.8, 4) is 28.4 Å². The monoisotopic (exact) mass is 438 g/mol. The Balaban J connectivity index is 1.54. The first kappa shape index (κ1) is 20.2. The van der Waals surface area contributed by atoms with Gasteiger partial charge < -0.3 is 10.0 Å². The fraction of sp³-hybridized carbons (Fsp3) is 0.115. The van der Waals surface area contributed by atoms with Crippen molar-refractivity contribution in [2.75, 3.05) is 11.9 Å². The van der Waals surface area contributed by atoms with Crippen molar-refractivity contribution in [3.05, 3.63) is 88.7 Å². The molecule has 0 bridgehead atoms. The van der Waals surface area contributed by atoms with E-state index in [2.05, 4.69) is 40.6 Å². The predicted octanol–water partition coefficient (Wildman–Crippen LogP) is 6.07. The average molecular weight is 439 g/mol. The SMILES string of the molecule is Cc1ccc2c(N(C)Cc3nc(-c4ccccc4)cs3)nc(-c3ccccc3O)nc2c1. The molecule has 5 aromatic rings. The van der Waals surface area contributed by atoms with Gasteiger partial charge in [-0.1, -0.05) is 48.5 Å². The third-order valence-corrected chi connectivity index (χ3v) is 6.17. The number of phenolic OH excluding ortho intramolecular Hbond substituents is 1. The van der Waals surface area contributed by atoms with Crippen molar-refractivity contribution in [1.29, 1.82) is 0 Å². The topological polar surface area (TPSA) is 62.1 Å². The number of rotatable bonds is 5. The van der Waals surface area contributed by atoms with E-state index in [9.17, 15) is 5.11 Å². The fourth-order valence-electron chi connectivity index (χ4n) is 3.70. The molecule has 2 aromatic heterocycles. The number of fused-ring (bicyclic) bond motifs is 1. The minimum absolute atomic E-state index is 0.167. The summed E-state index contributed by atoms with van der Waals surface area (Å²) in [5.41, 5.74) is 4.69. The van der Waals surface area contributed by atoms with E-state index in [-0.39, 0.29) is 5.75 Å². The molecule has 0 saturated carbocycles. The highest BCUT2D eigenvalue weighted by atomic mass is 32.1. The van der Waals surface area contributed by atoms with Gasteiger partial charge in [0, 0.05) is 23.4 Å².